The van der Waals surface area contributed by atoms with Crippen molar-refractivity contribution in [1.29, 1.82) is 0 Å². The molecule has 0 aliphatic heterocycles. The zero-order chi connectivity index (χ0) is 86.1. The molecule has 29 nitrogen and oxygen atoms in total. The molecule has 0 radical (unpaired) electrons. The molecule has 9 aromatic rings. The van der Waals surface area contributed by atoms with Gasteiger partial charge in [-0.3, -0.25) is 0 Å². The molecule has 5 N–H and O–H groups in total. The van der Waals surface area contributed by atoms with Crippen molar-refractivity contribution in [2.45, 2.75) is 199 Å². The molecule has 12 rings (SSSR count). The van der Waals surface area contributed by atoms with E-state index in [2.05, 4.69) is 209 Å². The first-order valence-electron chi connectivity index (χ1n) is 41.6. The van der Waals surface area contributed by atoms with Crippen molar-refractivity contribution < 1.29 is 48.9 Å². The number of aromatic nitrogens is 12. The number of pyridine rings is 3. The summed E-state index contributed by atoms with van der Waals surface area (Å²) in [5.41, 5.74) is 22.7. The smallest absolute Gasteiger partial charge is 0.249 e. The van der Waals surface area contributed by atoms with Gasteiger partial charge in [-0.2, -0.15) is 15.0 Å². The van der Waals surface area contributed by atoms with Gasteiger partial charge in [0, 0.05) is 88.5 Å². The van der Waals surface area contributed by atoms with E-state index in [-0.39, 0.29) is 62.8 Å². The number of sulfone groups is 3. The lowest BCUT2D eigenvalue weighted by atomic mass is 9.98. The van der Waals surface area contributed by atoms with Crippen LogP contribution in [0.1, 0.15) is 113 Å². The highest BCUT2D eigenvalue weighted by Crippen LogP contribution is 2.42. The molecule has 0 amide bonds. The van der Waals surface area contributed by atoms with Gasteiger partial charge in [-0.1, -0.05) is 117 Å². The Morgan fingerprint density at radius 1 is 0.479 bits per heavy atom. The Morgan fingerprint density at radius 3 is 1.28 bits per heavy atom. The van der Waals surface area contributed by atoms with E-state index in [4.69, 9.17) is 29.4 Å². The van der Waals surface area contributed by atoms with E-state index in [1.165, 1.54) is 49.2 Å². The average molecular weight is 1800 g/mol. The van der Waals surface area contributed by atoms with Crippen LogP contribution in [0.5, 0.6) is 17.6 Å². The van der Waals surface area contributed by atoms with Crippen LogP contribution in [-0.4, -0.2) is 226 Å². The maximum atomic E-state index is 13.6. The van der Waals surface area contributed by atoms with Crippen molar-refractivity contribution >= 4 is 90.5 Å². The number of anilines is 5. The SMILES string of the molecule is CCN(CC)CCCS(=O)(=O)c1nc(Br)nn1COCC[Si](C)(C)C.CCN(CC)CCCS(=O)(=O)c1nc(Nc2c(-c3ccnc(OC)c3)ccc3c2CCC3)n[nH]1.CCN(CC)CCCS(=O)(=O)c1nc(Nc2c(-c3ccnc(OC)c3)ccc3c2CCC3)nn1COCC[Si](C)(C)C.COc1cc(-c2ccc3c(c2N)CCC3)ccn1. The van der Waals surface area contributed by atoms with E-state index >= 15 is 0 Å². The van der Waals surface area contributed by atoms with Crippen LogP contribution in [0.2, 0.25) is 51.4 Å². The Morgan fingerprint density at radius 2 is 0.857 bits per heavy atom. The number of benzene rings is 3. The first kappa shape index (κ1) is 94.7. The first-order chi connectivity index (χ1) is 56.9. The lowest BCUT2D eigenvalue weighted by Crippen LogP contribution is -2.26. The lowest BCUT2D eigenvalue weighted by molar-refractivity contribution is 0.0712. The molecule has 3 aromatic carbocycles. The Kier molecular flexibility index (Phi) is 35.5. The monoisotopic (exact) mass is 1790 g/mol. The van der Waals surface area contributed by atoms with Gasteiger partial charge in [0.15, 0.2) is 0 Å². The van der Waals surface area contributed by atoms with Crippen LogP contribution in [-0.2, 0) is 91.0 Å². The minimum atomic E-state index is -3.70. The number of methoxy groups -OCH3 is 3. The molecular formula is C84H125BrN18O11S3Si2. The number of aromatic amines is 1. The van der Waals surface area contributed by atoms with Crippen molar-refractivity contribution in [2.24, 2.45) is 0 Å². The molecule has 3 aliphatic rings. The van der Waals surface area contributed by atoms with Gasteiger partial charge in [0.2, 0.25) is 79.3 Å². The summed E-state index contributed by atoms with van der Waals surface area (Å²) in [7, 11) is -8.40. The molecule has 119 heavy (non-hydrogen) atoms. The Hall–Kier alpha value is -8.11. The molecule has 0 fully saturated rings. The highest BCUT2D eigenvalue weighted by molar-refractivity contribution is 9.10. The number of nitrogen functional groups attached to an aromatic ring is 1. The molecule has 0 unspecified atom stereocenters. The second-order valence-electron chi connectivity index (χ2n) is 32.1. The highest BCUT2D eigenvalue weighted by Gasteiger charge is 2.30. The maximum Gasteiger partial charge on any atom is 0.249 e. The van der Waals surface area contributed by atoms with Crippen molar-refractivity contribution in [3.8, 4) is 51.0 Å². The van der Waals surface area contributed by atoms with Gasteiger partial charge in [-0.05, 0) is 232 Å². The number of aryl methyl sites for hydroxylation is 3. The zero-order valence-corrected chi connectivity index (χ0v) is 78.3. The van der Waals surface area contributed by atoms with Crippen LogP contribution >= 0.6 is 15.9 Å². The fourth-order valence-corrected chi connectivity index (χ4v) is 20.2. The van der Waals surface area contributed by atoms with Crippen molar-refractivity contribution in [3.63, 3.8) is 0 Å². The summed E-state index contributed by atoms with van der Waals surface area (Å²) in [6.45, 7) is 35.1. The van der Waals surface area contributed by atoms with Crippen LogP contribution in [0.25, 0.3) is 33.4 Å². The molecule has 0 saturated heterocycles. The number of hydrogen-bond donors (Lipinski definition) is 4. The van der Waals surface area contributed by atoms with E-state index < -0.39 is 45.7 Å². The van der Waals surface area contributed by atoms with Crippen molar-refractivity contribution in [1.82, 2.24) is 74.4 Å². The quantitative estimate of drug-likeness (QED) is 0.0157. The Labute approximate surface area is 715 Å². The lowest BCUT2D eigenvalue weighted by Gasteiger charge is -2.17. The van der Waals surface area contributed by atoms with Gasteiger partial charge in [-0.15, -0.1) is 15.3 Å². The average Bonchev–Trinajstić information content (AvgIpc) is 1.68. The van der Waals surface area contributed by atoms with Gasteiger partial charge >= 0.3 is 0 Å². The molecule has 0 spiro atoms. The predicted molar refractivity (Wildman–Crippen MR) is 481 cm³/mol. The minimum absolute atomic E-state index is 0.000662. The fraction of sp³-hybridized carbons (Fsp3) is 0.536. The van der Waals surface area contributed by atoms with E-state index in [0.717, 1.165) is 166 Å². The highest BCUT2D eigenvalue weighted by atomic mass is 79.9. The van der Waals surface area contributed by atoms with E-state index in [1.807, 2.05) is 36.4 Å². The van der Waals surface area contributed by atoms with Gasteiger partial charge < -0.3 is 54.8 Å². The molecule has 3 aliphatic carbocycles. The maximum absolute atomic E-state index is 13.6. The third-order valence-corrected chi connectivity index (χ3v) is 30.2. The molecule has 650 valence electrons. The van der Waals surface area contributed by atoms with Crippen LogP contribution in [0.15, 0.2) is 112 Å². The van der Waals surface area contributed by atoms with Gasteiger partial charge in [0.25, 0.3) is 0 Å². The summed E-state index contributed by atoms with van der Waals surface area (Å²) in [6.07, 6.45) is 16.3. The van der Waals surface area contributed by atoms with E-state index in [0.29, 0.717) is 56.7 Å². The number of nitrogens with one attached hydrogen (secondary N) is 3. The largest absolute Gasteiger partial charge is 0.481 e. The van der Waals surface area contributed by atoms with Crippen LogP contribution in [0.3, 0.4) is 0 Å². The molecule has 6 heterocycles. The van der Waals surface area contributed by atoms with E-state index in [9.17, 15) is 25.3 Å². The molecule has 0 saturated carbocycles. The number of H-pyrrole nitrogens is 1. The topological polar surface area (TPSA) is 350 Å². The van der Waals surface area contributed by atoms with Crippen molar-refractivity contribution in [3.05, 3.63) is 130 Å². The van der Waals surface area contributed by atoms with Crippen LogP contribution in [0, 0.1) is 0 Å². The number of ether oxygens (including phenoxy) is 5. The van der Waals surface area contributed by atoms with Gasteiger partial charge in [0.05, 0.1) is 50.0 Å². The summed E-state index contributed by atoms with van der Waals surface area (Å²) in [6, 6.07) is 26.3. The summed E-state index contributed by atoms with van der Waals surface area (Å²) in [4.78, 5) is 32.1. The molecule has 0 bridgehead atoms. The number of rotatable bonds is 41. The summed E-state index contributed by atoms with van der Waals surface area (Å²) >= 11 is 3.17. The van der Waals surface area contributed by atoms with Gasteiger partial charge in [-0.25, -0.2) is 54.7 Å². The molecule has 35 heteroatoms. The zero-order valence-electron chi connectivity index (χ0n) is 72.3. The predicted octanol–water partition coefficient (Wildman–Crippen LogP) is 14.7. The summed E-state index contributed by atoms with van der Waals surface area (Å²) in [5.74, 6) is 2.24. The third kappa shape index (κ3) is 27.2. The number of hydrogen-bond acceptors (Lipinski definition) is 26. The number of halogens is 1. The number of nitrogens with two attached hydrogens (primary N) is 1. The van der Waals surface area contributed by atoms with Gasteiger partial charge in [0.1, 0.15) is 13.5 Å². The number of fused-ring (bicyclic) bond motifs is 3. The van der Waals surface area contributed by atoms with E-state index in [1.54, 1.807) is 39.9 Å². The Balaban J connectivity index is 0.000000188. The van der Waals surface area contributed by atoms with Crippen molar-refractivity contribution in [2.75, 3.05) is 127 Å². The minimum Gasteiger partial charge on any atom is -0.481 e. The standard InChI is InChI=1S/C30H46N6O4SSi.C24H32N6O3S.C15H31BrN4O3SSi.C15H16N2O/c1-7-35(8-2)17-10-19-41(37,38)30-33-29(34-36(30)22-40-18-20-42(4,5)6)32-28-25-12-9-11-23(25)13-14-26(28)24-15-16-31-27(21-24)39-3;1-4-30(5-2)14-7-15-34(31,32)24-27-23(28-29-24)26-22-19-9-6-8-17(19)10-11-20(22)18-12-13-25-21(16-18)33-3;1-6-19(7-2)9-8-11-24(21,22)15-17-14(16)18-20(15)13-23-10-12-25(3,4)5;1-18-14-9-11(7-8-17-14)13-6-5-10-3-2-4-12(10)15(13)16/h13-16,21H,7-12,17-20,22H2,1-6H3,(H,32,34);10-13,16H,4-9,14-15H2,1-3H3,(H2,26,27,28,29);6-13H2,1-5H3;5-9H,2-4,16H2,1H3. The molecular weight excluding hydrogens is 1670 g/mol. The molecule has 6 aromatic heterocycles. The second-order valence-corrected chi connectivity index (χ2v) is 50.1. The fourth-order valence-electron chi connectivity index (χ4n) is 14.5. The number of nitrogens with zero attached hydrogens (tertiary/aromatic N) is 14. The third-order valence-electron chi connectivity index (χ3n) is 21.5. The summed E-state index contributed by atoms with van der Waals surface area (Å²) in [5, 5.41) is 22.1. The summed E-state index contributed by atoms with van der Waals surface area (Å²) < 4.78 is 108. The Bertz CT molecular complexity index is 5130. The second kappa shape index (κ2) is 44.6. The normalized spacial score (nSPS) is 13.3. The van der Waals surface area contributed by atoms with Crippen LogP contribution in [0.4, 0.5) is 29.0 Å². The molecule has 0 atom stereocenters. The first-order valence-corrected chi connectivity index (χ1v) is 54.8. The van der Waals surface area contributed by atoms with Crippen LogP contribution < -0.4 is 30.6 Å².